The number of benzene rings is 1. The minimum Gasteiger partial charge on any atom is -0.383 e. The normalized spacial score (nSPS) is 10.3. The van der Waals surface area contributed by atoms with Crippen LogP contribution in [0.2, 0.25) is 0 Å². The molecule has 0 amide bonds. The second-order valence-electron chi connectivity index (χ2n) is 3.31. The van der Waals surface area contributed by atoms with Crippen molar-refractivity contribution in [2.45, 2.75) is 6.92 Å². The highest BCUT2D eigenvalue weighted by molar-refractivity contribution is 7.73. The maximum atomic E-state index is 11.3. The fraction of sp³-hybridized carbons (Fsp3) is 0.0909. The van der Waals surface area contributed by atoms with Crippen molar-refractivity contribution in [3.05, 3.63) is 39.2 Å². The summed E-state index contributed by atoms with van der Waals surface area (Å²) in [7, 11) is 0. The summed E-state index contributed by atoms with van der Waals surface area (Å²) in [5, 5.41) is 0. The molecule has 0 saturated carbocycles. The Labute approximate surface area is 102 Å². The highest BCUT2D eigenvalue weighted by Gasteiger charge is 2.14. The molecular weight excluding hydrogens is 240 g/mol. The Balaban J connectivity index is 2.68. The second-order valence-corrected chi connectivity index (χ2v) is 4.95. The molecule has 0 aliphatic carbocycles. The van der Waals surface area contributed by atoms with Gasteiger partial charge in [0.25, 0.3) is 0 Å². The van der Waals surface area contributed by atoms with Crippen LogP contribution in [0.1, 0.15) is 16.6 Å². The zero-order chi connectivity index (χ0) is 11.7. The number of Topliss-reactive ketones (excluding diaryl/α,β-unsaturated/α-hetero) is 1. The average molecular weight is 250 g/mol. The first kappa shape index (κ1) is 11.0. The van der Waals surface area contributed by atoms with E-state index in [1.807, 2.05) is 30.3 Å². The molecule has 2 rings (SSSR count). The summed E-state index contributed by atoms with van der Waals surface area (Å²) >= 11 is 6.46. The van der Waals surface area contributed by atoms with Crippen LogP contribution in [0.5, 0.6) is 0 Å². The fourth-order valence-corrected chi connectivity index (χ4v) is 2.72. The van der Waals surface area contributed by atoms with Crippen LogP contribution in [0, 0.1) is 3.95 Å². The molecule has 0 aliphatic heterocycles. The molecule has 2 aromatic rings. The molecule has 1 heterocycles. The molecule has 2 N–H and O–H groups in total. The molecule has 0 atom stereocenters. The van der Waals surface area contributed by atoms with Gasteiger partial charge in [-0.15, -0.1) is 0 Å². The van der Waals surface area contributed by atoms with Gasteiger partial charge in [0.05, 0.1) is 0 Å². The van der Waals surface area contributed by atoms with Gasteiger partial charge < -0.3 is 5.73 Å². The zero-order valence-electron chi connectivity index (χ0n) is 8.64. The summed E-state index contributed by atoms with van der Waals surface area (Å²) < 4.78 is 2.31. The fourth-order valence-electron chi connectivity index (χ4n) is 1.46. The summed E-state index contributed by atoms with van der Waals surface area (Å²) in [5.41, 5.74) is 6.81. The third-order valence-electron chi connectivity index (χ3n) is 2.18. The van der Waals surface area contributed by atoms with E-state index in [1.54, 1.807) is 4.57 Å². The molecule has 0 unspecified atom stereocenters. The van der Waals surface area contributed by atoms with E-state index in [2.05, 4.69) is 0 Å². The van der Waals surface area contributed by atoms with Crippen molar-refractivity contribution in [1.82, 2.24) is 4.57 Å². The highest BCUT2D eigenvalue weighted by atomic mass is 32.1. The lowest BCUT2D eigenvalue weighted by Crippen LogP contribution is -2.03. The van der Waals surface area contributed by atoms with Crippen LogP contribution >= 0.6 is 23.6 Å². The first-order valence-electron chi connectivity index (χ1n) is 4.69. The number of nitrogens with zero attached hydrogens (tertiary/aromatic N) is 1. The van der Waals surface area contributed by atoms with Crippen molar-refractivity contribution in [2.75, 3.05) is 5.73 Å². The molecule has 0 bridgehead atoms. The van der Waals surface area contributed by atoms with E-state index in [-0.39, 0.29) is 5.78 Å². The van der Waals surface area contributed by atoms with E-state index < -0.39 is 0 Å². The monoisotopic (exact) mass is 250 g/mol. The minimum atomic E-state index is -0.0525. The number of carbonyl (C=O) groups excluding carboxylic acids is 1. The smallest absolute Gasteiger partial charge is 0.173 e. The Bertz CT molecular complexity index is 584. The molecule has 1 aromatic carbocycles. The summed E-state index contributed by atoms with van der Waals surface area (Å²) in [5.74, 6) is 0.372. The lowest BCUT2D eigenvalue weighted by Gasteiger charge is -2.04. The van der Waals surface area contributed by atoms with Crippen LogP contribution in [0.15, 0.2) is 30.3 Å². The van der Waals surface area contributed by atoms with E-state index in [4.69, 9.17) is 18.0 Å². The molecule has 0 radical (unpaired) electrons. The van der Waals surface area contributed by atoms with E-state index >= 15 is 0 Å². The van der Waals surface area contributed by atoms with Gasteiger partial charge in [-0.1, -0.05) is 29.5 Å². The average Bonchev–Trinajstić information content (AvgIpc) is 2.56. The van der Waals surface area contributed by atoms with E-state index in [0.29, 0.717) is 14.6 Å². The van der Waals surface area contributed by atoms with Crippen molar-refractivity contribution in [1.29, 1.82) is 0 Å². The van der Waals surface area contributed by atoms with E-state index in [9.17, 15) is 4.79 Å². The van der Waals surface area contributed by atoms with E-state index in [0.717, 1.165) is 5.69 Å². The van der Waals surface area contributed by atoms with Crippen LogP contribution in [0.25, 0.3) is 5.69 Å². The molecule has 0 saturated heterocycles. The molecule has 1 aromatic heterocycles. The molecule has 82 valence electrons. The topological polar surface area (TPSA) is 48.0 Å². The second kappa shape index (κ2) is 4.19. The molecule has 0 fully saturated rings. The van der Waals surface area contributed by atoms with Gasteiger partial charge in [0.1, 0.15) is 10.7 Å². The summed E-state index contributed by atoms with van der Waals surface area (Å²) in [4.78, 5) is 11.9. The van der Waals surface area contributed by atoms with Gasteiger partial charge in [0.15, 0.2) is 9.74 Å². The largest absolute Gasteiger partial charge is 0.383 e. The number of nitrogen functional groups attached to an aromatic ring is 1. The van der Waals surface area contributed by atoms with Crippen LogP contribution in [0.3, 0.4) is 0 Å². The summed E-state index contributed by atoms with van der Waals surface area (Å²) in [6, 6.07) is 9.54. The van der Waals surface area contributed by atoms with Gasteiger partial charge >= 0.3 is 0 Å². The number of hydrogen-bond donors (Lipinski definition) is 1. The quantitative estimate of drug-likeness (QED) is 0.658. The zero-order valence-corrected chi connectivity index (χ0v) is 10.3. The molecule has 3 nitrogen and oxygen atoms in total. The Morgan fingerprint density at radius 2 is 2.00 bits per heavy atom. The molecular formula is C11H10N2OS2. The van der Waals surface area contributed by atoms with Gasteiger partial charge in [-0.3, -0.25) is 9.36 Å². The van der Waals surface area contributed by atoms with Gasteiger partial charge in [0, 0.05) is 12.6 Å². The Morgan fingerprint density at radius 3 is 2.50 bits per heavy atom. The van der Waals surface area contributed by atoms with Gasteiger partial charge in [0.2, 0.25) is 0 Å². The van der Waals surface area contributed by atoms with Crippen molar-refractivity contribution in [3.8, 4) is 5.69 Å². The number of para-hydroxylation sites is 1. The van der Waals surface area contributed by atoms with Crippen LogP contribution < -0.4 is 5.73 Å². The van der Waals surface area contributed by atoms with Gasteiger partial charge in [-0.25, -0.2) is 0 Å². The number of thiazole rings is 1. The minimum absolute atomic E-state index is 0.0525. The summed E-state index contributed by atoms with van der Waals surface area (Å²) in [6.07, 6.45) is 0. The lowest BCUT2D eigenvalue weighted by molar-refractivity contribution is 0.102. The number of aromatic nitrogens is 1. The van der Waals surface area contributed by atoms with Crippen molar-refractivity contribution < 1.29 is 4.79 Å². The standard InChI is InChI=1S/C11H10N2OS2/c1-7(14)9-10(12)13(11(15)16-9)8-5-3-2-4-6-8/h2-6H,12H2,1H3. The lowest BCUT2D eigenvalue weighted by atomic mass is 10.3. The number of carbonyl (C=O) groups is 1. The third kappa shape index (κ3) is 1.79. The number of nitrogens with two attached hydrogens (primary N) is 1. The van der Waals surface area contributed by atoms with Crippen molar-refractivity contribution in [3.63, 3.8) is 0 Å². The van der Waals surface area contributed by atoms with Gasteiger partial charge in [-0.2, -0.15) is 0 Å². The number of ketones is 1. The molecule has 16 heavy (non-hydrogen) atoms. The van der Waals surface area contributed by atoms with Crippen LogP contribution in [-0.2, 0) is 0 Å². The SMILES string of the molecule is CC(=O)c1sc(=S)n(-c2ccccc2)c1N. The number of hydrogen-bond acceptors (Lipinski definition) is 4. The maximum Gasteiger partial charge on any atom is 0.173 e. The Morgan fingerprint density at radius 1 is 1.38 bits per heavy atom. The predicted molar refractivity (Wildman–Crippen MR) is 68.9 cm³/mol. The van der Waals surface area contributed by atoms with E-state index in [1.165, 1.54) is 18.3 Å². The molecule has 0 spiro atoms. The third-order valence-corrected chi connectivity index (χ3v) is 3.67. The first-order chi connectivity index (χ1) is 7.61. The Hall–Kier alpha value is -1.46. The molecule has 0 aliphatic rings. The van der Waals surface area contributed by atoms with Crippen LogP contribution in [0.4, 0.5) is 5.82 Å². The first-order valence-corrected chi connectivity index (χ1v) is 5.91. The summed E-state index contributed by atoms with van der Waals surface area (Å²) in [6.45, 7) is 1.49. The highest BCUT2D eigenvalue weighted by Crippen LogP contribution is 2.26. The predicted octanol–water partition coefficient (Wildman–Crippen LogP) is 3.05. The molecule has 5 heteroatoms. The van der Waals surface area contributed by atoms with Gasteiger partial charge in [-0.05, 0) is 24.4 Å². The Kier molecular flexibility index (Phi) is 2.89. The number of anilines is 1. The number of rotatable bonds is 2. The maximum absolute atomic E-state index is 11.3. The van der Waals surface area contributed by atoms with Crippen LogP contribution in [-0.4, -0.2) is 10.4 Å². The van der Waals surface area contributed by atoms with Crippen molar-refractivity contribution in [2.24, 2.45) is 0 Å². The van der Waals surface area contributed by atoms with Crippen molar-refractivity contribution >= 4 is 35.2 Å².